The molecule has 0 spiro atoms. The highest BCUT2D eigenvalue weighted by molar-refractivity contribution is 6.04. The summed E-state index contributed by atoms with van der Waals surface area (Å²) in [5.74, 6) is 0.636. The lowest BCUT2D eigenvalue weighted by molar-refractivity contribution is 0.102. The van der Waals surface area contributed by atoms with Crippen molar-refractivity contribution in [3.05, 3.63) is 64.7 Å². The number of rotatable bonds is 6. The van der Waals surface area contributed by atoms with Gasteiger partial charge in [-0.2, -0.15) is 0 Å². The van der Waals surface area contributed by atoms with Crippen molar-refractivity contribution in [3.8, 4) is 0 Å². The first kappa shape index (κ1) is 17.6. The van der Waals surface area contributed by atoms with Gasteiger partial charge >= 0.3 is 0 Å². The van der Waals surface area contributed by atoms with E-state index in [1.165, 1.54) is 17.5 Å². The molecule has 1 amide bonds. The lowest BCUT2D eigenvalue weighted by atomic mass is 10.1. The maximum absolute atomic E-state index is 12.6. The molecule has 2 aromatic rings. The Morgan fingerprint density at radius 2 is 1.92 bits per heavy atom. The summed E-state index contributed by atoms with van der Waals surface area (Å²) < 4.78 is 0. The summed E-state index contributed by atoms with van der Waals surface area (Å²) >= 11 is 0. The van der Waals surface area contributed by atoms with E-state index in [2.05, 4.69) is 30.1 Å². The molecule has 4 heteroatoms. The topological polar surface area (TPSA) is 58.4 Å². The Morgan fingerprint density at radius 1 is 1.16 bits per heavy atom. The predicted octanol–water partition coefficient (Wildman–Crippen LogP) is 3.76. The maximum Gasteiger partial charge on any atom is 0.255 e. The van der Waals surface area contributed by atoms with Gasteiger partial charge in [-0.1, -0.05) is 38.1 Å². The van der Waals surface area contributed by atoms with Crippen molar-refractivity contribution < 1.29 is 4.79 Å². The van der Waals surface area contributed by atoms with Gasteiger partial charge in [-0.05, 0) is 53.8 Å². The lowest BCUT2D eigenvalue weighted by Crippen LogP contribution is -2.19. The molecule has 0 atom stereocenters. The lowest BCUT2D eigenvalue weighted by Gasteiger charge is -2.16. The monoisotopic (exact) mass is 337 g/mol. The Bertz CT molecular complexity index is 737. The molecule has 0 aromatic heterocycles. The van der Waals surface area contributed by atoms with Crippen LogP contribution >= 0.6 is 0 Å². The van der Waals surface area contributed by atoms with Crippen molar-refractivity contribution in [2.75, 3.05) is 11.9 Å². The molecule has 1 aliphatic heterocycles. The third-order valence-electron chi connectivity index (χ3n) is 4.77. The highest BCUT2D eigenvalue weighted by atomic mass is 16.1. The van der Waals surface area contributed by atoms with Crippen LogP contribution in [0.5, 0.6) is 0 Å². The molecule has 3 rings (SSSR count). The summed E-state index contributed by atoms with van der Waals surface area (Å²) in [4.78, 5) is 15.0. The van der Waals surface area contributed by atoms with Crippen LogP contribution < -0.4 is 11.1 Å². The van der Waals surface area contributed by atoms with E-state index in [0.29, 0.717) is 18.0 Å². The first-order valence-electron chi connectivity index (χ1n) is 9.00. The predicted molar refractivity (Wildman–Crippen MR) is 102 cm³/mol. The van der Waals surface area contributed by atoms with E-state index < -0.39 is 0 Å². The molecule has 0 unspecified atom stereocenters. The summed E-state index contributed by atoms with van der Waals surface area (Å²) in [6.45, 7) is 7.97. The number of benzene rings is 2. The van der Waals surface area contributed by atoms with Crippen LogP contribution in [0.2, 0.25) is 0 Å². The van der Waals surface area contributed by atoms with Gasteiger partial charge in [-0.15, -0.1) is 0 Å². The van der Waals surface area contributed by atoms with Gasteiger partial charge in [0.15, 0.2) is 0 Å². The van der Waals surface area contributed by atoms with Gasteiger partial charge in [-0.25, -0.2) is 0 Å². The van der Waals surface area contributed by atoms with Gasteiger partial charge in [0.2, 0.25) is 0 Å². The summed E-state index contributed by atoms with van der Waals surface area (Å²) in [6, 6.07) is 13.6. The Labute approximate surface area is 150 Å². The molecular formula is C21H27N3O. The van der Waals surface area contributed by atoms with Crippen molar-refractivity contribution in [1.29, 1.82) is 0 Å². The van der Waals surface area contributed by atoms with E-state index in [-0.39, 0.29) is 5.91 Å². The zero-order chi connectivity index (χ0) is 17.8. The molecule has 0 fully saturated rings. The number of anilines is 1. The standard InChI is InChI=1S/C21H27N3O/c1-15(2)10-11-24-13-18-4-3-5-20(19(18)14-24)23-21(25)17-8-6-16(12-22)7-9-17/h3-9,15H,10-14,22H2,1-2H3,(H,23,25). The molecule has 25 heavy (non-hydrogen) atoms. The van der Waals surface area contributed by atoms with E-state index in [1.54, 1.807) is 0 Å². The first-order chi connectivity index (χ1) is 12.1. The second-order valence-electron chi connectivity index (χ2n) is 7.19. The quantitative estimate of drug-likeness (QED) is 0.844. The fourth-order valence-corrected chi connectivity index (χ4v) is 3.19. The molecule has 4 nitrogen and oxygen atoms in total. The number of hydrogen-bond donors (Lipinski definition) is 2. The number of carbonyl (C=O) groups excluding carboxylic acids is 1. The van der Waals surface area contributed by atoms with Gasteiger partial charge < -0.3 is 11.1 Å². The number of nitrogens with one attached hydrogen (secondary N) is 1. The average molecular weight is 337 g/mol. The molecule has 132 valence electrons. The van der Waals surface area contributed by atoms with Gasteiger partial charge in [-0.3, -0.25) is 9.69 Å². The Kier molecular flexibility index (Phi) is 5.51. The Balaban J connectivity index is 1.70. The number of fused-ring (bicyclic) bond motifs is 1. The van der Waals surface area contributed by atoms with Crippen LogP contribution in [0.3, 0.4) is 0 Å². The molecule has 1 aliphatic rings. The number of nitrogens with zero attached hydrogens (tertiary/aromatic N) is 1. The minimum Gasteiger partial charge on any atom is -0.326 e. The zero-order valence-corrected chi connectivity index (χ0v) is 15.1. The van der Waals surface area contributed by atoms with Crippen molar-refractivity contribution in [1.82, 2.24) is 4.90 Å². The molecule has 2 aromatic carbocycles. The molecule has 0 aliphatic carbocycles. The molecule has 0 saturated heterocycles. The fourth-order valence-electron chi connectivity index (χ4n) is 3.19. The van der Waals surface area contributed by atoms with E-state index in [9.17, 15) is 4.79 Å². The first-order valence-corrected chi connectivity index (χ1v) is 9.00. The Morgan fingerprint density at radius 3 is 2.60 bits per heavy atom. The fraction of sp³-hybridized carbons (Fsp3) is 0.381. The molecular weight excluding hydrogens is 310 g/mol. The number of nitrogens with two attached hydrogens (primary N) is 1. The van der Waals surface area contributed by atoms with Gasteiger partial charge in [0.25, 0.3) is 5.91 Å². The number of amides is 1. The van der Waals surface area contributed by atoms with Crippen molar-refractivity contribution in [2.24, 2.45) is 11.7 Å². The normalized spacial score (nSPS) is 13.9. The van der Waals surface area contributed by atoms with Crippen molar-refractivity contribution in [2.45, 2.75) is 39.9 Å². The van der Waals surface area contributed by atoms with Crippen LogP contribution in [0.4, 0.5) is 5.69 Å². The number of hydrogen-bond acceptors (Lipinski definition) is 3. The molecule has 3 N–H and O–H groups in total. The van der Waals surface area contributed by atoms with Gasteiger partial charge in [0, 0.05) is 30.9 Å². The van der Waals surface area contributed by atoms with Crippen LogP contribution in [-0.4, -0.2) is 17.4 Å². The SMILES string of the molecule is CC(C)CCN1Cc2cccc(NC(=O)c3ccc(CN)cc3)c2C1. The van der Waals surface area contributed by atoms with Crippen LogP contribution in [0, 0.1) is 5.92 Å². The Hall–Kier alpha value is -2.17. The average Bonchev–Trinajstić information content (AvgIpc) is 3.04. The maximum atomic E-state index is 12.6. The summed E-state index contributed by atoms with van der Waals surface area (Å²) in [6.07, 6.45) is 1.20. The smallest absolute Gasteiger partial charge is 0.255 e. The van der Waals surface area contributed by atoms with Crippen molar-refractivity contribution in [3.63, 3.8) is 0 Å². The van der Waals surface area contributed by atoms with E-state index in [1.807, 2.05) is 36.4 Å². The number of carbonyl (C=O) groups is 1. The summed E-state index contributed by atoms with van der Waals surface area (Å²) in [5.41, 5.74) is 10.8. The molecule has 0 bridgehead atoms. The minimum absolute atomic E-state index is 0.0717. The third kappa shape index (κ3) is 4.27. The summed E-state index contributed by atoms with van der Waals surface area (Å²) in [5, 5.41) is 3.08. The van der Waals surface area contributed by atoms with Gasteiger partial charge in [0.05, 0.1) is 0 Å². The third-order valence-corrected chi connectivity index (χ3v) is 4.77. The zero-order valence-electron chi connectivity index (χ0n) is 15.1. The highest BCUT2D eigenvalue weighted by Crippen LogP contribution is 2.30. The van der Waals surface area contributed by atoms with Crippen LogP contribution in [-0.2, 0) is 19.6 Å². The van der Waals surface area contributed by atoms with Crippen LogP contribution in [0.25, 0.3) is 0 Å². The van der Waals surface area contributed by atoms with Crippen LogP contribution in [0.15, 0.2) is 42.5 Å². The second kappa shape index (κ2) is 7.81. The highest BCUT2D eigenvalue weighted by Gasteiger charge is 2.22. The van der Waals surface area contributed by atoms with Gasteiger partial charge in [0.1, 0.15) is 0 Å². The van der Waals surface area contributed by atoms with Crippen molar-refractivity contribution >= 4 is 11.6 Å². The van der Waals surface area contributed by atoms with E-state index in [0.717, 1.165) is 30.9 Å². The van der Waals surface area contributed by atoms with Crippen LogP contribution in [0.1, 0.15) is 47.3 Å². The molecule has 0 saturated carbocycles. The molecule has 1 heterocycles. The van der Waals surface area contributed by atoms with E-state index >= 15 is 0 Å². The molecule has 0 radical (unpaired) electrons. The minimum atomic E-state index is -0.0717. The largest absolute Gasteiger partial charge is 0.326 e. The summed E-state index contributed by atoms with van der Waals surface area (Å²) in [7, 11) is 0. The van der Waals surface area contributed by atoms with E-state index in [4.69, 9.17) is 5.73 Å². The second-order valence-corrected chi connectivity index (χ2v) is 7.19.